The summed E-state index contributed by atoms with van der Waals surface area (Å²) in [5.74, 6) is 0.204. The van der Waals surface area contributed by atoms with Crippen LogP contribution in [0.15, 0.2) is 30.3 Å². The van der Waals surface area contributed by atoms with E-state index in [0.717, 1.165) is 32.2 Å². The van der Waals surface area contributed by atoms with Crippen LogP contribution in [-0.4, -0.2) is 91.2 Å². The first-order valence-electron chi connectivity index (χ1n) is 12.6. The van der Waals surface area contributed by atoms with Crippen LogP contribution in [0.2, 0.25) is 0 Å². The molecule has 4 rings (SSSR count). The van der Waals surface area contributed by atoms with Crippen LogP contribution < -0.4 is 0 Å². The molecule has 1 N–H and O–H groups in total. The third-order valence-corrected chi connectivity index (χ3v) is 8.50. The number of ether oxygens (including phenoxy) is 1. The normalized spacial score (nSPS) is 30.4. The van der Waals surface area contributed by atoms with Crippen molar-refractivity contribution in [1.29, 1.82) is 0 Å². The van der Waals surface area contributed by atoms with Gasteiger partial charge in [0.15, 0.2) is 0 Å². The molecular weight excluding hydrogens is 430 g/mol. The number of morpholine rings is 1. The summed E-state index contributed by atoms with van der Waals surface area (Å²) < 4.78 is 5.50. The Kier molecular flexibility index (Phi) is 7.09. The first-order valence-corrected chi connectivity index (χ1v) is 12.6. The smallest absolute Gasteiger partial charge is 0.230 e. The van der Waals surface area contributed by atoms with Crippen molar-refractivity contribution in [2.24, 2.45) is 10.8 Å². The molecule has 0 radical (unpaired) electrons. The first-order chi connectivity index (χ1) is 16.1. The number of aliphatic hydroxyl groups excluding tert-OH is 1. The maximum atomic E-state index is 13.3. The number of rotatable bonds is 6. The van der Waals surface area contributed by atoms with Gasteiger partial charge in [-0.3, -0.25) is 14.5 Å². The van der Waals surface area contributed by atoms with Gasteiger partial charge in [-0.15, -0.1) is 0 Å². The Balaban J connectivity index is 1.42. The van der Waals surface area contributed by atoms with Crippen molar-refractivity contribution < 1.29 is 19.4 Å². The summed E-state index contributed by atoms with van der Waals surface area (Å²) >= 11 is 0. The molecule has 1 saturated carbocycles. The highest BCUT2D eigenvalue weighted by molar-refractivity contribution is 5.84. The van der Waals surface area contributed by atoms with Gasteiger partial charge in [0.25, 0.3) is 0 Å². The third-order valence-electron chi connectivity index (χ3n) is 8.50. The molecule has 1 aromatic rings. The second-order valence-corrected chi connectivity index (χ2v) is 11.5. The van der Waals surface area contributed by atoms with Crippen LogP contribution >= 0.6 is 0 Å². The Labute approximate surface area is 204 Å². The molecule has 3 aliphatic rings. The van der Waals surface area contributed by atoms with E-state index in [2.05, 4.69) is 49.3 Å². The Morgan fingerprint density at radius 2 is 1.85 bits per heavy atom. The zero-order valence-electron chi connectivity index (χ0n) is 21.3. The summed E-state index contributed by atoms with van der Waals surface area (Å²) in [5, 5.41) is 9.42. The quantitative estimate of drug-likeness (QED) is 0.690. The van der Waals surface area contributed by atoms with E-state index in [1.54, 1.807) is 4.90 Å². The van der Waals surface area contributed by atoms with Crippen LogP contribution in [0.3, 0.4) is 0 Å². The van der Waals surface area contributed by atoms with Crippen molar-refractivity contribution in [2.45, 2.75) is 57.6 Å². The van der Waals surface area contributed by atoms with E-state index in [1.165, 1.54) is 5.56 Å². The number of nitrogens with zero attached hydrogens (tertiary/aromatic N) is 3. The molecule has 1 spiro atoms. The minimum Gasteiger partial charge on any atom is -0.394 e. The number of carbonyl (C=O) groups excluding carboxylic acids is 2. The predicted molar refractivity (Wildman–Crippen MR) is 131 cm³/mol. The van der Waals surface area contributed by atoms with Gasteiger partial charge in [-0.1, -0.05) is 30.3 Å². The highest BCUT2D eigenvalue weighted by Crippen LogP contribution is 2.52. The molecule has 2 amide bonds. The molecular formula is C27H41N3O4. The standard InChI is InChI=1S/C27H41N3O4/c1-25(2,24(33)29-14-15-34-22(17-29)18-31)19-30-20-26(16-23(30)32)10-12-27(13-11-26,28(3)4)21-8-6-5-7-9-21/h5-9,22,31H,10-20H2,1-4H3/t22?,26-,27-. The van der Waals surface area contributed by atoms with Gasteiger partial charge in [0.1, 0.15) is 0 Å². The van der Waals surface area contributed by atoms with Gasteiger partial charge in [0.05, 0.1) is 24.7 Å². The topological polar surface area (TPSA) is 73.3 Å². The average molecular weight is 472 g/mol. The lowest BCUT2D eigenvalue weighted by Crippen LogP contribution is -2.53. The second kappa shape index (κ2) is 9.59. The van der Waals surface area contributed by atoms with Crippen molar-refractivity contribution in [3.05, 3.63) is 35.9 Å². The van der Waals surface area contributed by atoms with E-state index in [4.69, 9.17) is 4.74 Å². The van der Waals surface area contributed by atoms with Gasteiger partial charge in [-0.25, -0.2) is 0 Å². The highest BCUT2D eigenvalue weighted by Gasteiger charge is 2.51. The second-order valence-electron chi connectivity index (χ2n) is 11.5. The number of carbonyl (C=O) groups is 2. The van der Waals surface area contributed by atoms with E-state index in [9.17, 15) is 14.7 Å². The number of likely N-dealkylation sites (tertiary alicyclic amines) is 1. The van der Waals surface area contributed by atoms with Gasteiger partial charge < -0.3 is 19.6 Å². The largest absolute Gasteiger partial charge is 0.394 e. The van der Waals surface area contributed by atoms with Crippen LogP contribution in [0.4, 0.5) is 0 Å². The summed E-state index contributed by atoms with van der Waals surface area (Å²) in [6, 6.07) is 10.7. The Morgan fingerprint density at radius 1 is 1.18 bits per heavy atom. The van der Waals surface area contributed by atoms with Crippen molar-refractivity contribution in [2.75, 3.05) is 53.5 Å². The first kappa shape index (κ1) is 25.1. The van der Waals surface area contributed by atoms with E-state index in [0.29, 0.717) is 32.7 Å². The summed E-state index contributed by atoms with van der Waals surface area (Å²) in [4.78, 5) is 32.5. The van der Waals surface area contributed by atoms with Crippen molar-refractivity contribution in [3.63, 3.8) is 0 Å². The van der Waals surface area contributed by atoms with Crippen LogP contribution in [0.25, 0.3) is 0 Å². The molecule has 34 heavy (non-hydrogen) atoms. The molecule has 1 aliphatic carbocycles. The summed E-state index contributed by atoms with van der Waals surface area (Å²) in [5.41, 5.74) is 0.697. The Hall–Kier alpha value is -1.96. The van der Waals surface area contributed by atoms with Gasteiger partial charge in [-0.05, 0) is 64.6 Å². The van der Waals surface area contributed by atoms with E-state index >= 15 is 0 Å². The van der Waals surface area contributed by atoms with E-state index in [-0.39, 0.29) is 35.5 Å². The molecule has 7 heteroatoms. The zero-order valence-corrected chi connectivity index (χ0v) is 21.3. The predicted octanol–water partition coefficient (Wildman–Crippen LogP) is 2.48. The number of hydrogen-bond acceptors (Lipinski definition) is 5. The Morgan fingerprint density at radius 3 is 2.47 bits per heavy atom. The minimum absolute atomic E-state index is 0.00541. The lowest BCUT2D eigenvalue weighted by molar-refractivity contribution is -0.151. The molecule has 7 nitrogen and oxygen atoms in total. The number of aliphatic hydroxyl groups is 1. The fraction of sp³-hybridized carbons (Fsp3) is 0.704. The molecule has 188 valence electrons. The van der Waals surface area contributed by atoms with Gasteiger partial charge >= 0.3 is 0 Å². The number of amides is 2. The monoisotopic (exact) mass is 471 g/mol. The minimum atomic E-state index is -0.676. The van der Waals surface area contributed by atoms with Gasteiger partial charge in [-0.2, -0.15) is 0 Å². The van der Waals surface area contributed by atoms with E-state index in [1.807, 2.05) is 18.7 Å². The maximum absolute atomic E-state index is 13.3. The SMILES string of the molecule is CN(C)[C@]1(c2ccccc2)CC[C@@]2(CC1)CC(=O)N(CC(C)(C)C(=O)N1CCOC(CO)C1)C2. The van der Waals surface area contributed by atoms with Crippen molar-refractivity contribution >= 4 is 11.8 Å². The third kappa shape index (κ3) is 4.75. The molecule has 0 aromatic heterocycles. The molecule has 2 heterocycles. The highest BCUT2D eigenvalue weighted by atomic mass is 16.5. The fourth-order valence-electron chi connectivity index (χ4n) is 6.38. The van der Waals surface area contributed by atoms with Crippen LogP contribution in [-0.2, 0) is 19.9 Å². The molecule has 1 unspecified atom stereocenters. The zero-order chi connectivity index (χ0) is 24.6. The molecule has 2 aliphatic heterocycles. The van der Waals surface area contributed by atoms with Gasteiger partial charge in [0, 0.05) is 38.1 Å². The summed E-state index contributed by atoms with van der Waals surface area (Å²) in [6.45, 7) is 6.33. The number of benzene rings is 1. The summed E-state index contributed by atoms with van der Waals surface area (Å²) in [6.07, 6.45) is 4.35. The van der Waals surface area contributed by atoms with Crippen LogP contribution in [0.1, 0.15) is 51.5 Å². The van der Waals surface area contributed by atoms with Crippen molar-refractivity contribution in [3.8, 4) is 0 Å². The van der Waals surface area contributed by atoms with Gasteiger partial charge in [0.2, 0.25) is 11.8 Å². The molecule has 1 atom stereocenters. The average Bonchev–Trinajstić information content (AvgIpc) is 3.13. The van der Waals surface area contributed by atoms with Crippen LogP contribution in [0.5, 0.6) is 0 Å². The van der Waals surface area contributed by atoms with E-state index < -0.39 is 5.41 Å². The maximum Gasteiger partial charge on any atom is 0.230 e. The molecule has 1 aromatic carbocycles. The lowest BCUT2D eigenvalue weighted by atomic mass is 9.64. The lowest BCUT2D eigenvalue weighted by Gasteiger charge is -2.49. The molecule has 0 bridgehead atoms. The molecule has 3 fully saturated rings. The number of hydrogen-bond donors (Lipinski definition) is 1. The van der Waals surface area contributed by atoms with Crippen molar-refractivity contribution in [1.82, 2.24) is 14.7 Å². The van der Waals surface area contributed by atoms with Crippen LogP contribution in [0, 0.1) is 10.8 Å². The Bertz CT molecular complexity index is 877. The molecule has 2 saturated heterocycles. The fourth-order valence-corrected chi connectivity index (χ4v) is 6.38. The summed E-state index contributed by atoms with van der Waals surface area (Å²) in [7, 11) is 4.33.